The molecule has 0 atom stereocenters. The van der Waals surface area contributed by atoms with Gasteiger partial charge in [-0.25, -0.2) is 0 Å². The van der Waals surface area contributed by atoms with Crippen molar-refractivity contribution in [2.45, 2.75) is 26.3 Å². The first kappa shape index (κ1) is 23.6. The van der Waals surface area contributed by atoms with E-state index in [0.717, 1.165) is 45.7 Å². The Kier molecular flexibility index (Phi) is 6.93. The smallest absolute Gasteiger partial charge is 0.293 e. The number of imide groups is 1. The van der Waals surface area contributed by atoms with Crippen LogP contribution in [-0.2, 0) is 24.2 Å². The SMILES string of the molecule is CCc1cccc2c(/C=C3\SC(=O)N(CCc4ccccc4)C3=O)cn(Cc3ccc(Br)cc3)c12. The third-order valence-corrected chi connectivity index (χ3v) is 7.72. The fourth-order valence-electron chi connectivity index (χ4n) is 4.50. The van der Waals surface area contributed by atoms with Crippen LogP contribution in [0.15, 0.2) is 88.4 Å². The van der Waals surface area contributed by atoms with Gasteiger partial charge in [0, 0.05) is 34.7 Å². The Hall–Kier alpha value is -3.09. The number of aromatic nitrogens is 1. The molecule has 176 valence electrons. The lowest BCUT2D eigenvalue weighted by molar-refractivity contribution is -0.122. The van der Waals surface area contributed by atoms with Crippen molar-refractivity contribution in [3.63, 3.8) is 0 Å². The van der Waals surface area contributed by atoms with E-state index < -0.39 is 0 Å². The Balaban J connectivity index is 1.46. The van der Waals surface area contributed by atoms with E-state index in [0.29, 0.717) is 17.9 Å². The summed E-state index contributed by atoms with van der Waals surface area (Å²) >= 11 is 4.53. The third-order valence-electron chi connectivity index (χ3n) is 6.29. The Morgan fingerprint density at radius 1 is 0.914 bits per heavy atom. The summed E-state index contributed by atoms with van der Waals surface area (Å²) in [6, 6.07) is 24.6. The van der Waals surface area contributed by atoms with Crippen molar-refractivity contribution < 1.29 is 9.59 Å². The van der Waals surface area contributed by atoms with Gasteiger partial charge in [0.2, 0.25) is 0 Å². The molecule has 4 aromatic rings. The van der Waals surface area contributed by atoms with Crippen LogP contribution in [0.5, 0.6) is 0 Å². The van der Waals surface area contributed by atoms with Gasteiger partial charge in [0.1, 0.15) is 0 Å². The summed E-state index contributed by atoms with van der Waals surface area (Å²) in [4.78, 5) is 27.6. The number of nitrogens with zero attached hydrogens (tertiary/aromatic N) is 2. The van der Waals surface area contributed by atoms with Gasteiger partial charge < -0.3 is 4.57 Å². The van der Waals surface area contributed by atoms with Gasteiger partial charge in [0.15, 0.2) is 0 Å². The van der Waals surface area contributed by atoms with Crippen molar-refractivity contribution in [2.75, 3.05) is 6.54 Å². The molecule has 0 aliphatic carbocycles. The van der Waals surface area contributed by atoms with Crippen LogP contribution >= 0.6 is 27.7 Å². The lowest BCUT2D eigenvalue weighted by Gasteiger charge is -2.12. The molecule has 1 aromatic heterocycles. The van der Waals surface area contributed by atoms with E-state index in [1.165, 1.54) is 21.5 Å². The van der Waals surface area contributed by atoms with Crippen molar-refractivity contribution in [1.82, 2.24) is 9.47 Å². The average molecular weight is 546 g/mol. The van der Waals surface area contributed by atoms with Gasteiger partial charge in [0.05, 0.1) is 10.4 Å². The van der Waals surface area contributed by atoms with Gasteiger partial charge in [-0.15, -0.1) is 0 Å². The minimum absolute atomic E-state index is 0.204. The monoisotopic (exact) mass is 544 g/mol. The Morgan fingerprint density at radius 3 is 2.43 bits per heavy atom. The number of hydrogen-bond donors (Lipinski definition) is 0. The molecule has 3 aromatic carbocycles. The first-order valence-electron chi connectivity index (χ1n) is 11.7. The van der Waals surface area contributed by atoms with Crippen molar-refractivity contribution in [1.29, 1.82) is 0 Å². The highest BCUT2D eigenvalue weighted by atomic mass is 79.9. The van der Waals surface area contributed by atoms with E-state index in [1.807, 2.05) is 48.5 Å². The fourth-order valence-corrected chi connectivity index (χ4v) is 5.62. The molecular formula is C29H25BrN2O2S. The number of para-hydroxylation sites is 1. The van der Waals surface area contributed by atoms with Gasteiger partial charge in [-0.05, 0) is 59.5 Å². The number of thioether (sulfide) groups is 1. The minimum Gasteiger partial charge on any atom is -0.342 e. The number of aryl methyl sites for hydroxylation is 1. The number of carbonyl (C=O) groups excluding carboxylic acids is 2. The van der Waals surface area contributed by atoms with Crippen LogP contribution in [0.25, 0.3) is 17.0 Å². The second-order valence-electron chi connectivity index (χ2n) is 8.57. The summed E-state index contributed by atoms with van der Waals surface area (Å²) in [5, 5.41) is 0.891. The number of benzene rings is 3. The number of amides is 2. The van der Waals surface area contributed by atoms with Gasteiger partial charge in [-0.3, -0.25) is 14.5 Å². The number of halogens is 1. The summed E-state index contributed by atoms with van der Waals surface area (Å²) in [7, 11) is 0. The molecule has 1 aliphatic heterocycles. The zero-order chi connectivity index (χ0) is 24.4. The largest absolute Gasteiger partial charge is 0.342 e. The summed E-state index contributed by atoms with van der Waals surface area (Å²) in [6.45, 7) is 3.27. The van der Waals surface area contributed by atoms with Crippen molar-refractivity contribution in [3.05, 3.63) is 111 Å². The fraction of sp³-hybridized carbons (Fsp3) is 0.172. The maximum absolute atomic E-state index is 13.1. The number of rotatable bonds is 7. The molecule has 1 fully saturated rings. The molecule has 2 amide bonds. The van der Waals surface area contributed by atoms with Crippen molar-refractivity contribution in [2.24, 2.45) is 0 Å². The molecule has 2 heterocycles. The van der Waals surface area contributed by atoms with Crippen LogP contribution < -0.4 is 0 Å². The predicted octanol–water partition coefficient (Wildman–Crippen LogP) is 7.29. The molecule has 0 radical (unpaired) electrons. The Bertz CT molecular complexity index is 1420. The van der Waals surface area contributed by atoms with Gasteiger partial charge >= 0.3 is 0 Å². The molecular weight excluding hydrogens is 520 g/mol. The summed E-state index contributed by atoms with van der Waals surface area (Å²) < 4.78 is 3.31. The van der Waals surface area contributed by atoms with Crippen LogP contribution in [-0.4, -0.2) is 27.2 Å². The maximum atomic E-state index is 13.1. The van der Waals surface area contributed by atoms with Crippen LogP contribution in [0.1, 0.15) is 29.2 Å². The molecule has 0 saturated carbocycles. The normalized spacial score (nSPS) is 15.0. The van der Waals surface area contributed by atoms with E-state index in [2.05, 4.69) is 63.9 Å². The summed E-state index contributed by atoms with van der Waals surface area (Å²) in [6.07, 6.45) is 5.55. The molecule has 0 bridgehead atoms. The Morgan fingerprint density at radius 2 is 1.69 bits per heavy atom. The van der Waals surface area contributed by atoms with E-state index in [9.17, 15) is 9.59 Å². The topological polar surface area (TPSA) is 42.3 Å². The zero-order valence-electron chi connectivity index (χ0n) is 19.4. The predicted molar refractivity (Wildman–Crippen MR) is 147 cm³/mol. The van der Waals surface area contributed by atoms with E-state index in [1.54, 1.807) is 0 Å². The number of hydrogen-bond acceptors (Lipinski definition) is 3. The molecule has 4 nitrogen and oxygen atoms in total. The minimum atomic E-state index is -0.212. The van der Waals surface area contributed by atoms with Crippen LogP contribution in [0, 0.1) is 0 Å². The lowest BCUT2D eigenvalue weighted by Crippen LogP contribution is -2.30. The molecule has 35 heavy (non-hydrogen) atoms. The molecule has 5 rings (SSSR count). The first-order valence-corrected chi connectivity index (χ1v) is 13.3. The van der Waals surface area contributed by atoms with Crippen LogP contribution in [0.3, 0.4) is 0 Å². The molecule has 6 heteroatoms. The van der Waals surface area contributed by atoms with Crippen LogP contribution in [0.2, 0.25) is 0 Å². The molecule has 1 aliphatic rings. The van der Waals surface area contributed by atoms with Gasteiger partial charge in [-0.1, -0.05) is 83.5 Å². The van der Waals surface area contributed by atoms with E-state index in [4.69, 9.17) is 0 Å². The average Bonchev–Trinajstić information content (AvgIpc) is 3.35. The zero-order valence-corrected chi connectivity index (χ0v) is 21.8. The second kappa shape index (κ2) is 10.3. The standard InChI is InChI=1S/C29H25BrN2O2S/c1-2-22-9-6-10-25-23(19-31(27(22)25)18-21-11-13-24(30)14-12-21)17-26-28(33)32(29(34)35-26)16-15-20-7-4-3-5-8-20/h3-14,17,19H,2,15-16,18H2,1H3/b26-17-. The number of fused-ring (bicyclic) bond motifs is 1. The summed E-state index contributed by atoms with van der Waals surface area (Å²) in [5.74, 6) is -0.212. The highest BCUT2D eigenvalue weighted by molar-refractivity contribution is 9.10. The quantitative estimate of drug-likeness (QED) is 0.229. The highest BCUT2D eigenvalue weighted by Crippen LogP contribution is 2.35. The third kappa shape index (κ3) is 5.00. The lowest BCUT2D eigenvalue weighted by atomic mass is 10.1. The first-order chi connectivity index (χ1) is 17.0. The summed E-state index contributed by atoms with van der Waals surface area (Å²) in [5.41, 5.74) is 5.70. The maximum Gasteiger partial charge on any atom is 0.293 e. The molecule has 0 unspecified atom stereocenters. The van der Waals surface area contributed by atoms with Crippen LogP contribution in [0.4, 0.5) is 4.79 Å². The van der Waals surface area contributed by atoms with Gasteiger partial charge in [0.25, 0.3) is 11.1 Å². The number of carbonyl (C=O) groups is 2. The van der Waals surface area contributed by atoms with Crippen molar-refractivity contribution in [3.8, 4) is 0 Å². The van der Waals surface area contributed by atoms with Crippen molar-refractivity contribution >= 4 is 55.8 Å². The highest BCUT2D eigenvalue weighted by Gasteiger charge is 2.34. The van der Waals surface area contributed by atoms with E-state index in [-0.39, 0.29) is 11.1 Å². The molecule has 0 N–H and O–H groups in total. The molecule has 0 spiro atoms. The van der Waals surface area contributed by atoms with Gasteiger partial charge in [-0.2, -0.15) is 0 Å². The second-order valence-corrected chi connectivity index (χ2v) is 10.5. The van der Waals surface area contributed by atoms with E-state index >= 15 is 0 Å². The molecule has 1 saturated heterocycles. The Labute approximate surface area is 217 Å².